The van der Waals surface area contributed by atoms with Crippen LogP contribution >= 0.6 is 0 Å². The Morgan fingerprint density at radius 1 is 1.14 bits per heavy atom. The van der Waals surface area contributed by atoms with E-state index in [1.54, 1.807) is 6.07 Å². The van der Waals surface area contributed by atoms with Crippen molar-refractivity contribution in [1.82, 2.24) is 5.01 Å². The number of sulfonamides is 1. The minimum absolute atomic E-state index is 0.0326. The fraction of sp³-hybridized carbons (Fsp3) is 0.222. The highest BCUT2D eigenvalue weighted by atomic mass is 32.2. The van der Waals surface area contributed by atoms with Gasteiger partial charge in [-0.15, -0.1) is 0 Å². The number of anilines is 1. The largest absolute Gasteiger partial charge is 0.494 e. The lowest BCUT2D eigenvalue weighted by atomic mass is 10.1. The molecule has 0 fully saturated rings. The van der Waals surface area contributed by atoms with E-state index in [2.05, 4.69) is 0 Å². The summed E-state index contributed by atoms with van der Waals surface area (Å²) in [7, 11) is -1.10. The van der Waals surface area contributed by atoms with Crippen LogP contribution in [0.1, 0.15) is 5.56 Å². The quantitative estimate of drug-likeness (QED) is 0.816. The number of likely N-dealkylation sites (N-methyl/N-ethyl adjacent to an activating group) is 1. The van der Waals surface area contributed by atoms with E-state index in [0.29, 0.717) is 16.9 Å². The molecule has 2 N–H and O–H groups in total. The molecule has 1 unspecified atom stereocenters. The molecule has 0 bridgehead atoms. The van der Waals surface area contributed by atoms with E-state index in [-0.39, 0.29) is 10.6 Å². The van der Waals surface area contributed by atoms with Crippen molar-refractivity contribution in [2.75, 3.05) is 19.2 Å². The molecule has 1 atom stereocenters. The number of nitrogens with zero attached hydrogens (tertiary/aromatic N) is 2. The van der Waals surface area contributed by atoms with Gasteiger partial charge < -0.3 is 4.74 Å². The molecule has 0 radical (unpaired) electrons. The zero-order valence-electron chi connectivity index (χ0n) is 15.0. The number of primary sulfonamides is 1. The van der Waals surface area contributed by atoms with Crippen LogP contribution in [0, 0.1) is 5.82 Å². The Morgan fingerprint density at radius 2 is 1.79 bits per heavy atom. The average molecular weight is 413 g/mol. The van der Waals surface area contributed by atoms with Crippen molar-refractivity contribution in [2.45, 2.75) is 17.4 Å². The Kier molecular flexibility index (Phi) is 5.37. The van der Waals surface area contributed by atoms with E-state index in [1.165, 1.54) is 66.6 Å². The SMILES string of the molecule is COc1ccc(C2=CC(C(F)F)N(C)N2c2ccc(S(N)(=O)=O)cc2)cc1F. The number of ether oxygens (including phenoxy) is 1. The van der Waals surface area contributed by atoms with Crippen LogP contribution in [0.15, 0.2) is 53.4 Å². The summed E-state index contributed by atoms with van der Waals surface area (Å²) in [6.45, 7) is 0. The van der Waals surface area contributed by atoms with Gasteiger partial charge in [0.1, 0.15) is 6.04 Å². The van der Waals surface area contributed by atoms with Crippen LogP contribution in [-0.4, -0.2) is 40.1 Å². The molecule has 0 saturated heterocycles. The van der Waals surface area contributed by atoms with Crippen LogP contribution in [0.5, 0.6) is 5.75 Å². The highest BCUT2D eigenvalue weighted by Gasteiger charge is 2.36. The summed E-state index contributed by atoms with van der Waals surface area (Å²) in [6, 6.07) is 8.36. The Labute approximate surface area is 160 Å². The third-order valence-electron chi connectivity index (χ3n) is 4.42. The second-order valence-corrected chi connectivity index (χ2v) is 7.71. The first-order chi connectivity index (χ1) is 13.1. The predicted octanol–water partition coefficient (Wildman–Crippen LogP) is 2.82. The normalized spacial score (nSPS) is 17.9. The zero-order valence-corrected chi connectivity index (χ0v) is 15.8. The van der Waals surface area contributed by atoms with Gasteiger partial charge >= 0.3 is 0 Å². The topological polar surface area (TPSA) is 75.9 Å². The number of methoxy groups -OCH3 is 1. The first-order valence-electron chi connectivity index (χ1n) is 8.13. The van der Waals surface area contributed by atoms with Gasteiger partial charge in [-0.05, 0) is 48.5 Å². The van der Waals surface area contributed by atoms with Crippen molar-refractivity contribution in [3.05, 3.63) is 59.9 Å². The number of halogens is 3. The molecular formula is C18H18F3N3O3S. The molecule has 6 nitrogen and oxygen atoms in total. The van der Waals surface area contributed by atoms with Gasteiger partial charge in [0.2, 0.25) is 10.0 Å². The number of nitrogens with two attached hydrogens (primary N) is 1. The van der Waals surface area contributed by atoms with Crippen LogP contribution in [0.3, 0.4) is 0 Å². The van der Waals surface area contributed by atoms with Crippen molar-refractivity contribution < 1.29 is 26.3 Å². The Morgan fingerprint density at radius 3 is 2.29 bits per heavy atom. The third-order valence-corrected chi connectivity index (χ3v) is 5.35. The molecule has 28 heavy (non-hydrogen) atoms. The average Bonchev–Trinajstić information content (AvgIpc) is 2.98. The number of alkyl halides is 2. The molecule has 1 heterocycles. The molecule has 2 aromatic carbocycles. The van der Waals surface area contributed by atoms with Crippen LogP contribution in [0.2, 0.25) is 0 Å². The molecule has 1 aliphatic heterocycles. The van der Waals surface area contributed by atoms with Gasteiger partial charge in [-0.2, -0.15) is 0 Å². The maximum atomic E-state index is 14.2. The Hall–Kier alpha value is -2.56. The maximum absolute atomic E-state index is 14.2. The van der Waals surface area contributed by atoms with Gasteiger partial charge in [0.25, 0.3) is 6.43 Å². The highest BCUT2D eigenvalue weighted by molar-refractivity contribution is 7.89. The van der Waals surface area contributed by atoms with Gasteiger partial charge in [-0.1, -0.05) is 0 Å². The van der Waals surface area contributed by atoms with Gasteiger partial charge in [0.05, 0.1) is 23.4 Å². The van der Waals surface area contributed by atoms with Crippen molar-refractivity contribution >= 4 is 21.4 Å². The summed E-state index contributed by atoms with van der Waals surface area (Å²) in [5.74, 6) is -0.598. The predicted molar refractivity (Wildman–Crippen MR) is 98.8 cm³/mol. The lowest BCUT2D eigenvalue weighted by Crippen LogP contribution is -2.42. The number of hydrogen-bond acceptors (Lipinski definition) is 5. The van der Waals surface area contributed by atoms with E-state index in [9.17, 15) is 21.6 Å². The fourth-order valence-electron chi connectivity index (χ4n) is 3.02. The molecular weight excluding hydrogens is 395 g/mol. The Balaban J connectivity index is 2.07. The molecule has 2 aromatic rings. The van der Waals surface area contributed by atoms with E-state index in [1.807, 2.05) is 0 Å². The molecule has 0 amide bonds. The monoisotopic (exact) mass is 413 g/mol. The van der Waals surface area contributed by atoms with Crippen molar-refractivity contribution in [3.63, 3.8) is 0 Å². The van der Waals surface area contributed by atoms with Crippen molar-refractivity contribution in [3.8, 4) is 5.75 Å². The van der Waals surface area contributed by atoms with Crippen molar-refractivity contribution in [1.29, 1.82) is 0 Å². The molecule has 1 aliphatic rings. The summed E-state index contributed by atoms with van der Waals surface area (Å²) >= 11 is 0. The number of benzene rings is 2. The minimum Gasteiger partial charge on any atom is -0.494 e. The van der Waals surface area contributed by atoms with E-state index < -0.39 is 28.3 Å². The first-order valence-corrected chi connectivity index (χ1v) is 9.67. The molecule has 10 heteroatoms. The lowest BCUT2D eigenvalue weighted by Gasteiger charge is -2.32. The summed E-state index contributed by atoms with van der Waals surface area (Å²) < 4.78 is 68.9. The smallest absolute Gasteiger partial charge is 0.259 e. The zero-order chi connectivity index (χ0) is 20.6. The highest BCUT2D eigenvalue weighted by Crippen LogP contribution is 2.37. The molecule has 0 saturated carbocycles. The van der Waals surface area contributed by atoms with Gasteiger partial charge in [0, 0.05) is 12.6 Å². The first kappa shape index (κ1) is 20.2. The lowest BCUT2D eigenvalue weighted by molar-refractivity contribution is 0.0695. The number of rotatable bonds is 5. The second-order valence-electron chi connectivity index (χ2n) is 6.15. The summed E-state index contributed by atoms with van der Waals surface area (Å²) in [6.07, 6.45) is -1.35. The molecule has 3 rings (SSSR count). The molecule has 0 aromatic heterocycles. The Bertz CT molecular complexity index is 1010. The van der Waals surface area contributed by atoms with Crippen LogP contribution in [0.25, 0.3) is 5.70 Å². The van der Waals surface area contributed by atoms with E-state index in [4.69, 9.17) is 9.88 Å². The summed E-state index contributed by atoms with van der Waals surface area (Å²) in [5.41, 5.74) is 1.11. The third kappa shape index (κ3) is 3.71. The van der Waals surface area contributed by atoms with E-state index in [0.717, 1.165) is 0 Å². The van der Waals surface area contributed by atoms with Gasteiger partial charge in [-0.25, -0.2) is 31.7 Å². The fourth-order valence-corrected chi connectivity index (χ4v) is 3.54. The number of hydrazine groups is 1. The number of hydrogen-bond donors (Lipinski definition) is 1. The van der Waals surface area contributed by atoms with Crippen LogP contribution in [-0.2, 0) is 10.0 Å². The van der Waals surface area contributed by atoms with Crippen LogP contribution < -0.4 is 14.9 Å². The second kappa shape index (κ2) is 7.46. The summed E-state index contributed by atoms with van der Waals surface area (Å²) in [5, 5.41) is 7.86. The standard InChI is InChI=1S/C18H18F3N3O3S/c1-23-16(18(20)21)10-15(11-3-8-17(27-2)14(19)9-11)24(23)12-4-6-13(7-5-12)28(22,25)26/h3-10,16,18H,1-2H3,(H2,22,25,26). The minimum atomic E-state index is -3.89. The van der Waals surface area contributed by atoms with Gasteiger partial charge in [0.15, 0.2) is 11.6 Å². The molecule has 0 aliphatic carbocycles. The van der Waals surface area contributed by atoms with Gasteiger partial charge in [-0.3, -0.25) is 5.01 Å². The van der Waals surface area contributed by atoms with Crippen LogP contribution in [0.4, 0.5) is 18.9 Å². The molecule has 0 spiro atoms. The molecule has 150 valence electrons. The van der Waals surface area contributed by atoms with Crippen molar-refractivity contribution in [2.24, 2.45) is 5.14 Å². The maximum Gasteiger partial charge on any atom is 0.259 e. The van der Waals surface area contributed by atoms with E-state index >= 15 is 0 Å². The summed E-state index contributed by atoms with van der Waals surface area (Å²) in [4.78, 5) is -0.107.